The summed E-state index contributed by atoms with van der Waals surface area (Å²) in [5.74, 6) is 1.13. The summed E-state index contributed by atoms with van der Waals surface area (Å²) in [5.41, 5.74) is 0.923. The third kappa shape index (κ3) is 5.62. The third-order valence-corrected chi connectivity index (χ3v) is 6.23. The summed E-state index contributed by atoms with van der Waals surface area (Å²) < 4.78 is 7.00. The fourth-order valence-electron chi connectivity index (χ4n) is 3.03. The highest BCUT2D eigenvalue weighted by molar-refractivity contribution is 7.99. The minimum absolute atomic E-state index is 0.0245. The van der Waals surface area contributed by atoms with Crippen molar-refractivity contribution < 1.29 is 14.3 Å². The molecule has 0 aliphatic rings. The van der Waals surface area contributed by atoms with Crippen LogP contribution in [0.4, 0.5) is 0 Å². The number of thioether (sulfide) groups is 1. The van der Waals surface area contributed by atoms with E-state index in [4.69, 9.17) is 27.9 Å². The Kier molecular flexibility index (Phi) is 8.17. The summed E-state index contributed by atoms with van der Waals surface area (Å²) in [6.07, 6.45) is 0. The van der Waals surface area contributed by atoms with Gasteiger partial charge in [-0.3, -0.25) is 9.59 Å². The minimum Gasteiger partial charge on any atom is -0.497 e. The largest absolute Gasteiger partial charge is 0.497 e. The smallest absolute Gasteiger partial charge is 0.253 e. The molecular formula is C22H22Cl2N4O3S. The standard InChI is InChI=1S/C22H22Cl2N4O3S/c1-4-28-20(13(2)25-21(30)17-10-7-15(23)11-18(17)24)26-27-22(28)32-12-19(29)14-5-8-16(31-3)9-6-14/h5-11,13H,4,12H2,1-3H3,(H,25,30)/t13-/m1/s1. The number of Topliss-reactive ketones (excluding diaryl/α,β-unsaturated/α-hetero) is 1. The van der Waals surface area contributed by atoms with Crippen LogP contribution in [0.25, 0.3) is 0 Å². The van der Waals surface area contributed by atoms with E-state index in [2.05, 4.69) is 15.5 Å². The number of ether oxygens (including phenoxy) is 1. The van der Waals surface area contributed by atoms with Crippen molar-refractivity contribution in [2.45, 2.75) is 31.6 Å². The Hall–Kier alpha value is -2.55. The molecule has 1 amide bonds. The summed E-state index contributed by atoms with van der Waals surface area (Å²) in [5, 5.41) is 12.7. The molecule has 10 heteroatoms. The molecule has 0 saturated carbocycles. The maximum Gasteiger partial charge on any atom is 0.253 e. The minimum atomic E-state index is -0.423. The first-order chi connectivity index (χ1) is 15.3. The molecule has 0 aliphatic carbocycles. The van der Waals surface area contributed by atoms with E-state index in [1.165, 1.54) is 17.8 Å². The summed E-state index contributed by atoms with van der Waals surface area (Å²) in [7, 11) is 1.58. The van der Waals surface area contributed by atoms with Gasteiger partial charge in [-0.15, -0.1) is 10.2 Å². The number of rotatable bonds is 9. The van der Waals surface area contributed by atoms with E-state index in [-0.39, 0.29) is 22.5 Å². The van der Waals surface area contributed by atoms with Gasteiger partial charge >= 0.3 is 0 Å². The van der Waals surface area contributed by atoms with Crippen LogP contribution >= 0.6 is 35.0 Å². The van der Waals surface area contributed by atoms with Crippen molar-refractivity contribution in [1.29, 1.82) is 0 Å². The number of carbonyl (C=O) groups is 2. The molecule has 0 saturated heterocycles. The van der Waals surface area contributed by atoms with Crippen LogP contribution in [0.15, 0.2) is 47.6 Å². The first-order valence-corrected chi connectivity index (χ1v) is 11.6. The van der Waals surface area contributed by atoms with Crippen molar-refractivity contribution in [3.8, 4) is 5.75 Å². The van der Waals surface area contributed by atoms with E-state index in [0.29, 0.717) is 39.4 Å². The van der Waals surface area contributed by atoms with Crippen molar-refractivity contribution in [1.82, 2.24) is 20.1 Å². The normalized spacial score (nSPS) is 11.8. The van der Waals surface area contributed by atoms with Crippen molar-refractivity contribution >= 4 is 46.7 Å². The number of ketones is 1. The van der Waals surface area contributed by atoms with E-state index in [1.807, 2.05) is 18.4 Å². The van der Waals surface area contributed by atoms with E-state index in [1.54, 1.807) is 43.5 Å². The predicted molar refractivity (Wildman–Crippen MR) is 126 cm³/mol. The molecular weight excluding hydrogens is 471 g/mol. The van der Waals surface area contributed by atoms with Crippen molar-refractivity contribution in [2.24, 2.45) is 0 Å². The molecule has 2 aromatic carbocycles. The lowest BCUT2D eigenvalue weighted by atomic mass is 10.1. The number of carbonyl (C=O) groups excluding carboxylic acids is 2. The number of aromatic nitrogens is 3. The number of nitrogens with one attached hydrogen (secondary N) is 1. The zero-order valence-corrected chi connectivity index (χ0v) is 20.1. The first-order valence-electron chi connectivity index (χ1n) is 9.83. The van der Waals surface area contributed by atoms with Gasteiger partial charge in [0.25, 0.3) is 5.91 Å². The molecule has 1 atom stereocenters. The van der Waals surface area contributed by atoms with Crippen LogP contribution in [0.2, 0.25) is 10.0 Å². The Bertz CT molecular complexity index is 1120. The highest BCUT2D eigenvalue weighted by atomic mass is 35.5. The maximum atomic E-state index is 12.6. The topological polar surface area (TPSA) is 86.1 Å². The van der Waals surface area contributed by atoms with E-state index < -0.39 is 6.04 Å². The molecule has 3 rings (SSSR count). The molecule has 0 spiro atoms. The molecule has 0 fully saturated rings. The average molecular weight is 493 g/mol. The van der Waals surface area contributed by atoms with E-state index >= 15 is 0 Å². The van der Waals surface area contributed by atoms with E-state index in [9.17, 15) is 9.59 Å². The SMILES string of the molecule is CCn1c(SCC(=O)c2ccc(OC)cc2)nnc1[C@@H](C)NC(=O)c1ccc(Cl)cc1Cl. The average Bonchev–Trinajstić information content (AvgIpc) is 3.20. The van der Waals surface area contributed by atoms with Crippen molar-refractivity contribution in [2.75, 3.05) is 12.9 Å². The van der Waals surface area contributed by atoms with Crippen LogP contribution in [0.3, 0.4) is 0 Å². The number of amides is 1. The molecule has 0 radical (unpaired) electrons. The summed E-state index contributed by atoms with van der Waals surface area (Å²) in [6, 6.07) is 11.2. The van der Waals surface area contributed by atoms with Crippen molar-refractivity contribution in [3.05, 3.63) is 69.5 Å². The lowest BCUT2D eigenvalue weighted by Crippen LogP contribution is -2.29. The van der Waals surface area contributed by atoms with E-state index in [0.717, 1.165) is 0 Å². The number of hydrogen-bond acceptors (Lipinski definition) is 6. The summed E-state index contributed by atoms with van der Waals surface area (Å²) in [6.45, 7) is 4.35. The monoisotopic (exact) mass is 492 g/mol. The van der Waals surface area contributed by atoms with Crippen LogP contribution in [-0.4, -0.2) is 39.3 Å². The highest BCUT2D eigenvalue weighted by Gasteiger charge is 2.21. The van der Waals surface area contributed by atoms with Crippen LogP contribution < -0.4 is 10.1 Å². The molecule has 3 aromatic rings. The summed E-state index contributed by atoms with van der Waals surface area (Å²) in [4.78, 5) is 25.1. The number of methoxy groups -OCH3 is 1. The highest BCUT2D eigenvalue weighted by Crippen LogP contribution is 2.24. The van der Waals surface area contributed by atoms with Gasteiger partial charge in [0.15, 0.2) is 16.8 Å². The third-order valence-electron chi connectivity index (χ3n) is 4.72. The molecule has 0 aliphatic heterocycles. The molecule has 7 nitrogen and oxygen atoms in total. The number of halogens is 2. The van der Waals surface area contributed by atoms with Crippen LogP contribution in [0.1, 0.15) is 46.4 Å². The molecule has 1 N–H and O–H groups in total. The Labute approximate surface area is 200 Å². The van der Waals surface area contributed by atoms with Gasteiger partial charge in [-0.1, -0.05) is 35.0 Å². The first kappa shape index (κ1) is 24.1. The van der Waals surface area contributed by atoms with Crippen LogP contribution in [0.5, 0.6) is 5.75 Å². The molecule has 32 heavy (non-hydrogen) atoms. The lowest BCUT2D eigenvalue weighted by Gasteiger charge is -2.15. The van der Waals surface area contributed by atoms with Gasteiger partial charge in [-0.25, -0.2) is 0 Å². The zero-order chi connectivity index (χ0) is 23.3. The fourth-order valence-corrected chi connectivity index (χ4v) is 4.43. The van der Waals surface area contributed by atoms with Gasteiger partial charge in [0, 0.05) is 17.1 Å². The molecule has 168 valence electrons. The zero-order valence-electron chi connectivity index (χ0n) is 17.8. The molecule has 0 bridgehead atoms. The number of hydrogen-bond donors (Lipinski definition) is 1. The fraction of sp³-hybridized carbons (Fsp3) is 0.273. The van der Waals surface area contributed by atoms with Gasteiger partial charge in [0.1, 0.15) is 5.75 Å². The Morgan fingerprint density at radius 2 is 1.88 bits per heavy atom. The number of benzene rings is 2. The second-order valence-electron chi connectivity index (χ2n) is 6.84. The van der Waals surface area contributed by atoms with Crippen LogP contribution in [0, 0.1) is 0 Å². The van der Waals surface area contributed by atoms with Gasteiger partial charge in [0.2, 0.25) is 0 Å². The molecule has 0 unspecified atom stereocenters. The van der Waals surface area contributed by atoms with Gasteiger partial charge in [-0.2, -0.15) is 0 Å². The molecule has 1 heterocycles. The second-order valence-corrected chi connectivity index (χ2v) is 8.63. The maximum absolute atomic E-state index is 12.6. The van der Waals surface area contributed by atoms with Gasteiger partial charge < -0.3 is 14.6 Å². The molecule has 1 aromatic heterocycles. The number of nitrogens with zero attached hydrogens (tertiary/aromatic N) is 3. The van der Waals surface area contributed by atoms with Crippen LogP contribution in [-0.2, 0) is 6.54 Å². The Morgan fingerprint density at radius 3 is 2.50 bits per heavy atom. The Balaban J connectivity index is 1.67. The summed E-state index contributed by atoms with van der Waals surface area (Å²) >= 11 is 13.3. The Morgan fingerprint density at radius 1 is 1.16 bits per heavy atom. The van der Waals surface area contributed by atoms with Crippen molar-refractivity contribution in [3.63, 3.8) is 0 Å². The van der Waals surface area contributed by atoms with Gasteiger partial charge in [0.05, 0.1) is 29.5 Å². The lowest BCUT2D eigenvalue weighted by molar-refractivity contribution is 0.0937. The predicted octanol–water partition coefficient (Wildman–Crippen LogP) is 5.08. The second kappa shape index (κ2) is 10.8. The van der Waals surface area contributed by atoms with Gasteiger partial charge in [-0.05, 0) is 56.3 Å². The quantitative estimate of drug-likeness (QED) is 0.331.